The summed E-state index contributed by atoms with van der Waals surface area (Å²) in [6, 6.07) is 10.7. The molecule has 0 N–H and O–H groups in total. The molecule has 5 heteroatoms. The number of piperidine rings is 1. The summed E-state index contributed by atoms with van der Waals surface area (Å²) in [5, 5.41) is 4.65. The number of likely N-dealkylation sites (tertiary alicyclic amines) is 1. The fourth-order valence-electron chi connectivity index (χ4n) is 4.74. The second kappa shape index (κ2) is 7.78. The van der Waals surface area contributed by atoms with Gasteiger partial charge in [0.25, 0.3) is 0 Å². The average Bonchev–Trinajstić information content (AvgIpc) is 2.86. The maximum atomic E-state index is 12.7. The van der Waals surface area contributed by atoms with Crippen LogP contribution in [0, 0.1) is 0 Å². The number of hydrogen-bond acceptors (Lipinski definition) is 3. The highest BCUT2D eigenvalue weighted by Crippen LogP contribution is 2.31. The smallest absolute Gasteiger partial charge is 0.300 e. The molecule has 26 heavy (non-hydrogen) atoms. The molecule has 2 aliphatic rings. The van der Waals surface area contributed by atoms with Crippen molar-refractivity contribution < 1.29 is 0 Å². The van der Waals surface area contributed by atoms with E-state index in [9.17, 15) is 4.79 Å². The van der Waals surface area contributed by atoms with Crippen LogP contribution in [0.25, 0.3) is 5.69 Å². The predicted octanol–water partition coefficient (Wildman–Crippen LogP) is 3.47. The molecule has 0 radical (unpaired) electrons. The maximum absolute atomic E-state index is 12.7. The van der Waals surface area contributed by atoms with E-state index < -0.39 is 0 Å². The second-order valence-electron chi connectivity index (χ2n) is 7.91. The molecular weight excluding hydrogens is 324 g/mol. The zero-order chi connectivity index (χ0) is 17.9. The van der Waals surface area contributed by atoms with Crippen LogP contribution in [0.2, 0.25) is 0 Å². The number of nitrogens with zero attached hydrogens (tertiary/aromatic N) is 4. The topological polar surface area (TPSA) is 43.1 Å². The molecule has 1 aliphatic heterocycles. The first-order valence-corrected chi connectivity index (χ1v) is 10.2. The molecule has 2 aromatic rings. The molecule has 0 spiro atoms. The normalized spacial score (nSPS) is 23.0. The SMILES string of the molecule is Cn1nc(C2CCCN(C3CCCCCC3)C2)n(-c2ccccc2)c1=O. The highest BCUT2D eigenvalue weighted by atomic mass is 16.2. The second-order valence-corrected chi connectivity index (χ2v) is 7.91. The van der Waals surface area contributed by atoms with Crippen LogP contribution < -0.4 is 5.69 Å². The molecule has 2 fully saturated rings. The van der Waals surface area contributed by atoms with E-state index in [1.807, 2.05) is 34.9 Å². The van der Waals surface area contributed by atoms with Crippen molar-refractivity contribution in [1.82, 2.24) is 19.2 Å². The Hall–Kier alpha value is -1.88. The first-order chi connectivity index (χ1) is 12.7. The molecule has 0 amide bonds. The zero-order valence-electron chi connectivity index (χ0n) is 15.8. The van der Waals surface area contributed by atoms with Crippen LogP contribution in [0.5, 0.6) is 0 Å². The van der Waals surface area contributed by atoms with Gasteiger partial charge in [-0.05, 0) is 44.4 Å². The van der Waals surface area contributed by atoms with Gasteiger partial charge in [-0.15, -0.1) is 0 Å². The molecule has 140 valence electrons. The molecule has 1 saturated heterocycles. The average molecular weight is 354 g/mol. The first kappa shape index (κ1) is 17.5. The Morgan fingerprint density at radius 1 is 0.962 bits per heavy atom. The highest BCUT2D eigenvalue weighted by molar-refractivity contribution is 5.33. The molecule has 1 atom stereocenters. The van der Waals surface area contributed by atoms with Crippen molar-refractivity contribution in [3.8, 4) is 5.69 Å². The fourth-order valence-corrected chi connectivity index (χ4v) is 4.74. The van der Waals surface area contributed by atoms with Crippen LogP contribution in [-0.2, 0) is 7.05 Å². The van der Waals surface area contributed by atoms with Crippen molar-refractivity contribution in [3.63, 3.8) is 0 Å². The Kier molecular flexibility index (Phi) is 5.25. The number of hydrogen-bond donors (Lipinski definition) is 0. The van der Waals surface area contributed by atoms with Gasteiger partial charge in [0.1, 0.15) is 5.82 Å². The van der Waals surface area contributed by atoms with E-state index in [1.54, 1.807) is 7.05 Å². The molecular formula is C21H30N4O. The van der Waals surface area contributed by atoms with Crippen molar-refractivity contribution in [3.05, 3.63) is 46.6 Å². The van der Waals surface area contributed by atoms with Crippen molar-refractivity contribution in [2.24, 2.45) is 7.05 Å². The number of benzene rings is 1. The maximum Gasteiger partial charge on any atom is 0.350 e. The molecule has 2 heterocycles. The van der Waals surface area contributed by atoms with Crippen molar-refractivity contribution in [2.45, 2.75) is 63.3 Å². The Balaban J connectivity index is 1.61. The van der Waals surface area contributed by atoms with Gasteiger partial charge in [0.05, 0.1) is 5.69 Å². The first-order valence-electron chi connectivity index (χ1n) is 10.2. The lowest BCUT2D eigenvalue weighted by molar-refractivity contribution is 0.132. The Morgan fingerprint density at radius 3 is 2.42 bits per heavy atom. The van der Waals surface area contributed by atoms with E-state index in [0.717, 1.165) is 30.5 Å². The van der Waals surface area contributed by atoms with Crippen LogP contribution in [-0.4, -0.2) is 38.4 Å². The van der Waals surface area contributed by atoms with Crippen molar-refractivity contribution in [1.29, 1.82) is 0 Å². The minimum atomic E-state index is -0.0437. The van der Waals surface area contributed by atoms with Crippen LogP contribution in [0.1, 0.15) is 63.1 Å². The van der Waals surface area contributed by atoms with E-state index >= 15 is 0 Å². The minimum absolute atomic E-state index is 0.0437. The van der Waals surface area contributed by atoms with Crippen LogP contribution in [0.4, 0.5) is 0 Å². The van der Waals surface area contributed by atoms with Gasteiger partial charge >= 0.3 is 5.69 Å². The Morgan fingerprint density at radius 2 is 1.69 bits per heavy atom. The van der Waals surface area contributed by atoms with Gasteiger partial charge in [0, 0.05) is 25.6 Å². The summed E-state index contributed by atoms with van der Waals surface area (Å²) in [5.41, 5.74) is 0.880. The van der Waals surface area contributed by atoms with Gasteiger partial charge < -0.3 is 0 Å². The summed E-state index contributed by atoms with van der Waals surface area (Å²) in [4.78, 5) is 15.4. The summed E-state index contributed by atoms with van der Waals surface area (Å²) in [6.07, 6.45) is 10.5. The van der Waals surface area contributed by atoms with Gasteiger partial charge in [0.15, 0.2) is 0 Å². The molecule has 4 rings (SSSR count). The Bertz CT molecular complexity index is 771. The van der Waals surface area contributed by atoms with E-state index in [4.69, 9.17) is 0 Å². The summed E-state index contributed by atoms with van der Waals surface area (Å²) in [6.45, 7) is 2.23. The summed E-state index contributed by atoms with van der Waals surface area (Å²) in [5.74, 6) is 1.27. The van der Waals surface area contributed by atoms with E-state index in [-0.39, 0.29) is 5.69 Å². The number of para-hydroxylation sites is 1. The lowest BCUT2D eigenvalue weighted by Crippen LogP contribution is -2.42. The third-order valence-electron chi connectivity index (χ3n) is 6.12. The fraction of sp³-hybridized carbons (Fsp3) is 0.619. The van der Waals surface area contributed by atoms with Gasteiger partial charge in [0.2, 0.25) is 0 Å². The van der Waals surface area contributed by atoms with E-state index in [1.165, 1.54) is 56.2 Å². The largest absolute Gasteiger partial charge is 0.350 e. The number of rotatable bonds is 3. The summed E-state index contributed by atoms with van der Waals surface area (Å²) in [7, 11) is 1.76. The monoisotopic (exact) mass is 354 g/mol. The van der Waals surface area contributed by atoms with Gasteiger partial charge in [-0.3, -0.25) is 4.90 Å². The standard InChI is InChI=1S/C21H30N4O/c1-23-21(26)25(19-13-7-4-8-14-19)20(22-23)17-10-9-15-24(16-17)18-11-5-2-3-6-12-18/h4,7-8,13-14,17-18H,2-3,5-6,9-12,15-16H2,1H3. The molecule has 0 bridgehead atoms. The molecule has 1 aromatic heterocycles. The minimum Gasteiger partial charge on any atom is -0.300 e. The molecule has 1 unspecified atom stereocenters. The van der Waals surface area contributed by atoms with Gasteiger partial charge in [-0.1, -0.05) is 43.9 Å². The van der Waals surface area contributed by atoms with Crippen LogP contribution in [0.3, 0.4) is 0 Å². The third-order valence-corrected chi connectivity index (χ3v) is 6.12. The van der Waals surface area contributed by atoms with Crippen LogP contribution in [0.15, 0.2) is 35.1 Å². The van der Waals surface area contributed by atoms with E-state index in [0.29, 0.717) is 5.92 Å². The molecule has 1 aromatic carbocycles. The zero-order valence-corrected chi connectivity index (χ0v) is 15.8. The van der Waals surface area contributed by atoms with Crippen molar-refractivity contribution >= 4 is 0 Å². The van der Waals surface area contributed by atoms with Gasteiger partial charge in [-0.2, -0.15) is 5.10 Å². The summed E-state index contributed by atoms with van der Waals surface area (Å²) < 4.78 is 3.31. The lowest BCUT2D eigenvalue weighted by atomic mass is 9.94. The summed E-state index contributed by atoms with van der Waals surface area (Å²) >= 11 is 0. The molecule has 1 saturated carbocycles. The van der Waals surface area contributed by atoms with E-state index in [2.05, 4.69) is 10.00 Å². The highest BCUT2D eigenvalue weighted by Gasteiger charge is 2.30. The third kappa shape index (κ3) is 3.50. The number of aromatic nitrogens is 3. The lowest BCUT2D eigenvalue weighted by Gasteiger charge is -2.37. The molecule has 1 aliphatic carbocycles. The number of aryl methyl sites for hydroxylation is 1. The van der Waals surface area contributed by atoms with Crippen molar-refractivity contribution in [2.75, 3.05) is 13.1 Å². The van der Waals surface area contributed by atoms with Crippen LogP contribution >= 0.6 is 0 Å². The predicted molar refractivity (Wildman–Crippen MR) is 104 cm³/mol. The Labute approximate surface area is 155 Å². The quantitative estimate of drug-likeness (QED) is 0.793. The molecule has 5 nitrogen and oxygen atoms in total. The van der Waals surface area contributed by atoms with Gasteiger partial charge in [-0.25, -0.2) is 14.0 Å².